The highest BCUT2D eigenvalue weighted by molar-refractivity contribution is 5.97. The molecule has 4 heteroatoms. The van der Waals surface area contributed by atoms with Crippen molar-refractivity contribution < 1.29 is 9.53 Å². The van der Waals surface area contributed by atoms with Gasteiger partial charge in [-0.05, 0) is 36.3 Å². The Bertz CT molecular complexity index is 763. The van der Waals surface area contributed by atoms with Crippen LogP contribution in [0.1, 0.15) is 18.1 Å². The topological polar surface area (TPSA) is 32.8 Å². The number of nitrogens with zero attached hydrogens (tertiary/aromatic N) is 2. The van der Waals surface area contributed by atoms with Crippen LogP contribution < -0.4 is 4.74 Å². The molecule has 3 rings (SSSR count). The van der Waals surface area contributed by atoms with Gasteiger partial charge in [0.2, 0.25) is 5.91 Å². The lowest BCUT2D eigenvalue weighted by Gasteiger charge is -2.35. The van der Waals surface area contributed by atoms with Gasteiger partial charge < -0.3 is 9.64 Å². The molecular weight excluding hydrogens is 324 g/mol. The molecule has 2 aromatic rings. The number of methoxy groups -OCH3 is 1. The summed E-state index contributed by atoms with van der Waals surface area (Å²) >= 11 is 0. The predicted molar refractivity (Wildman–Crippen MR) is 105 cm³/mol. The average molecular weight is 350 g/mol. The molecule has 0 spiro atoms. The first-order valence-electron chi connectivity index (χ1n) is 9.03. The molecule has 1 saturated heterocycles. The molecule has 1 amide bonds. The smallest absolute Gasteiger partial charge is 0.249 e. The first-order valence-corrected chi connectivity index (χ1v) is 9.03. The van der Waals surface area contributed by atoms with Gasteiger partial charge in [0, 0.05) is 38.3 Å². The molecule has 1 aliphatic rings. The largest absolute Gasteiger partial charge is 0.497 e. The molecule has 0 bridgehead atoms. The molecule has 0 radical (unpaired) electrons. The van der Waals surface area contributed by atoms with Crippen LogP contribution in [-0.2, 0) is 11.3 Å². The summed E-state index contributed by atoms with van der Waals surface area (Å²) < 4.78 is 5.24. The molecule has 0 aromatic heterocycles. The molecular formula is C22H26N2O2. The normalized spacial score (nSPS) is 15.8. The highest BCUT2D eigenvalue weighted by atomic mass is 16.5. The zero-order valence-electron chi connectivity index (χ0n) is 15.5. The van der Waals surface area contributed by atoms with E-state index in [-0.39, 0.29) is 5.91 Å². The van der Waals surface area contributed by atoms with Crippen molar-refractivity contribution in [1.82, 2.24) is 9.80 Å². The molecule has 1 fully saturated rings. The number of carbonyl (C=O) groups excluding carboxylic acids is 1. The van der Waals surface area contributed by atoms with E-state index in [0.29, 0.717) is 0 Å². The zero-order valence-corrected chi connectivity index (χ0v) is 15.5. The number of hydrogen-bond acceptors (Lipinski definition) is 3. The van der Waals surface area contributed by atoms with Gasteiger partial charge >= 0.3 is 0 Å². The summed E-state index contributed by atoms with van der Waals surface area (Å²) in [6, 6.07) is 18.2. The summed E-state index contributed by atoms with van der Waals surface area (Å²) in [7, 11) is 1.65. The molecule has 0 aliphatic carbocycles. The molecule has 0 N–H and O–H groups in total. The molecule has 0 atom stereocenters. The van der Waals surface area contributed by atoms with Crippen molar-refractivity contribution in [2.45, 2.75) is 13.5 Å². The fourth-order valence-corrected chi connectivity index (χ4v) is 3.24. The Balaban J connectivity index is 1.56. The van der Waals surface area contributed by atoms with Gasteiger partial charge in [-0.2, -0.15) is 0 Å². The standard InChI is InChI=1S/C22H26N2O2/c1-18(15-20-9-6-10-21(16-20)26-2)22(25)24-13-11-23(12-14-24)17-19-7-4-3-5-8-19/h3-10,15-16H,11-14,17H2,1-2H3. The van der Waals surface area contributed by atoms with Crippen molar-refractivity contribution >= 4 is 12.0 Å². The van der Waals surface area contributed by atoms with E-state index in [9.17, 15) is 4.79 Å². The Morgan fingerprint density at radius 1 is 1.04 bits per heavy atom. The Morgan fingerprint density at radius 3 is 2.46 bits per heavy atom. The lowest BCUT2D eigenvalue weighted by Crippen LogP contribution is -2.48. The van der Waals surface area contributed by atoms with Crippen LogP contribution in [0.4, 0.5) is 0 Å². The van der Waals surface area contributed by atoms with Crippen LogP contribution in [0, 0.1) is 0 Å². The third kappa shape index (κ3) is 4.73. The number of piperazine rings is 1. The van der Waals surface area contributed by atoms with Crippen molar-refractivity contribution in [3.63, 3.8) is 0 Å². The van der Waals surface area contributed by atoms with Crippen molar-refractivity contribution in [3.8, 4) is 5.75 Å². The maximum Gasteiger partial charge on any atom is 0.249 e. The molecule has 0 saturated carbocycles. The number of ether oxygens (including phenoxy) is 1. The zero-order chi connectivity index (χ0) is 18.4. The Labute approximate surface area is 155 Å². The van der Waals surface area contributed by atoms with Crippen LogP contribution >= 0.6 is 0 Å². The van der Waals surface area contributed by atoms with Crippen LogP contribution in [0.15, 0.2) is 60.2 Å². The maximum absolute atomic E-state index is 12.7. The minimum Gasteiger partial charge on any atom is -0.497 e. The van der Waals surface area contributed by atoms with Crippen molar-refractivity contribution in [2.24, 2.45) is 0 Å². The van der Waals surface area contributed by atoms with E-state index in [2.05, 4.69) is 29.2 Å². The predicted octanol–water partition coefficient (Wildman–Crippen LogP) is 3.44. The van der Waals surface area contributed by atoms with Crippen LogP contribution in [0.5, 0.6) is 5.75 Å². The Kier molecular flexibility index (Phi) is 6.08. The molecule has 1 aliphatic heterocycles. The maximum atomic E-state index is 12.7. The third-order valence-corrected chi connectivity index (χ3v) is 4.72. The first-order chi connectivity index (χ1) is 12.7. The summed E-state index contributed by atoms with van der Waals surface area (Å²) in [4.78, 5) is 17.1. The van der Waals surface area contributed by atoms with Crippen LogP contribution in [0.2, 0.25) is 0 Å². The van der Waals surface area contributed by atoms with Gasteiger partial charge in [-0.3, -0.25) is 9.69 Å². The second kappa shape index (κ2) is 8.68. The molecule has 1 heterocycles. The summed E-state index contributed by atoms with van der Waals surface area (Å²) in [6.07, 6.45) is 1.93. The molecule has 136 valence electrons. The van der Waals surface area contributed by atoms with Gasteiger partial charge in [-0.15, -0.1) is 0 Å². The summed E-state index contributed by atoms with van der Waals surface area (Å²) in [5.74, 6) is 0.917. The second-order valence-electron chi connectivity index (χ2n) is 6.66. The highest BCUT2D eigenvalue weighted by Gasteiger charge is 2.21. The van der Waals surface area contributed by atoms with E-state index in [0.717, 1.165) is 49.6 Å². The number of amides is 1. The van der Waals surface area contributed by atoms with E-state index < -0.39 is 0 Å². The fourth-order valence-electron chi connectivity index (χ4n) is 3.24. The third-order valence-electron chi connectivity index (χ3n) is 4.72. The van der Waals surface area contributed by atoms with Crippen molar-refractivity contribution in [3.05, 3.63) is 71.3 Å². The van der Waals surface area contributed by atoms with E-state index in [4.69, 9.17) is 4.74 Å². The number of rotatable bonds is 5. The highest BCUT2D eigenvalue weighted by Crippen LogP contribution is 2.17. The summed E-state index contributed by atoms with van der Waals surface area (Å²) in [5.41, 5.74) is 3.06. The van der Waals surface area contributed by atoms with Gasteiger partial charge in [0.05, 0.1) is 7.11 Å². The average Bonchev–Trinajstić information content (AvgIpc) is 2.69. The van der Waals surface area contributed by atoms with Gasteiger partial charge in [0.1, 0.15) is 5.75 Å². The fraction of sp³-hybridized carbons (Fsp3) is 0.318. The van der Waals surface area contributed by atoms with Crippen molar-refractivity contribution in [2.75, 3.05) is 33.3 Å². The van der Waals surface area contributed by atoms with Crippen LogP contribution in [0.25, 0.3) is 6.08 Å². The summed E-state index contributed by atoms with van der Waals surface area (Å²) in [6.45, 7) is 6.20. The number of carbonyl (C=O) groups is 1. The lowest BCUT2D eigenvalue weighted by atomic mass is 10.1. The first kappa shape index (κ1) is 18.2. The quantitative estimate of drug-likeness (QED) is 0.775. The van der Waals surface area contributed by atoms with Gasteiger partial charge in [0.15, 0.2) is 0 Å². The molecule has 2 aromatic carbocycles. The SMILES string of the molecule is COc1cccc(C=C(C)C(=O)N2CCN(Cc3ccccc3)CC2)c1. The molecule has 26 heavy (non-hydrogen) atoms. The molecule has 4 nitrogen and oxygen atoms in total. The Hall–Kier alpha value is -2.59. The van der Waals surface area contributed by atoms with Gasteiger partial charge in [-0.1, -0.05) is 42.5 Å². The number of benzene rings is 2. The minimum atomic E-state index is 0.118. The van der Waals surface area contributed by atoms with Crippen LogP contribution in [-0.4, -0.2) is 49.0 Å². The Morgan fingerprint density at radius 2 is 1.77 bits per heavy atom. The monoisotopic (exact) mass is 350 g/mol. The van der Waals surface area contributed by atoms with E-state index in [1.165, 1.54) is 5.56 Å². The van der Waals surface area contributed by atoms with Crippen LogP contribution in [0.3, 0.4) is 0 Å². The number of hydrogen-bond donors (Lipinski definition) is 0. The van der Waals surface area contributed by atoms with E-state index >= 15 is 0 Å². The van der Waals surface area contributed by atoms with Gasteiger partial charge in [-0.25, -0.2) is 0 Å². The minimum absolute atomic E-state index is 0.118. The molecule has 0 unspecified atom stereocenters. The summed E-state index contributed by atoms with van der Waals surface area (Å²) in [5, 5.41) is 0. The van der Waals surface area contributed by atoms with Gasteiger partial charge in [0.25, 0.3) is 0 Å². The second-order valence-corrected chi connectivity index (χ2v) is 6.66. The van der Waals surface area contributed by atoms with Crippen molar-refractivity contribution in [1.29, 1.82) is 0 Å². The van der Waals surface area contributed by atoms with E-state index in [1.807, 2.05) is 48.2 Å². The lowest BCUT2D eigenvalue weighted by molar-refractivity contribution is -0.128. The van der Waals surface area contributed by atoms with E-state index in [1.54, 1.807) is 7.11 Å².